The number of nitrogens with zero attached hydrogens (tertiary/aromatic N) is 4. The molecule has 0 fully saturated rings. The van der Waals surface area contributed by atoms with Gasteiger partial charge in [-0.15, -0.1) is 0 Å². The Morgan fingerprint density at radius 3 is 2.41 bits per heavy atom. The smallest absolute Gasteiger partial charge is 0.303 e. The predicted molar refractivity (Wildman–Crippen MR) is 133 cm³/mol. The van der Waals surface area contributed by atoms with Crippen molar-refractivity contribution in [1.82, 2.24) is 18.9 Å². The summed E-state index contributed by atoms with van der Waals surface area (Å²) in [7, 11) is -4.12. The Morgan fingerprint density at radius 2 is 1.78 bits per heavy atom. The van der Waals surface area contributed by atoms with E-state index in [2.05, 4.69) is 15.0 Å². The average Bonchev–Trinajstić information content (AvgIpc) is 3.19. The van der Waals surface area contributed by atoms with Gasteiger partial charge in [-0.25, -0.2) is 36.1 Å². The van der Waals surface area contributed by atoms with E-state index >= 15 is 0 Å². The number of hydrogen-bond acceptors (Lipinski definition) is 6. The van der Waals surface area contributed by atoms with Crippen LogP contribution in [0.25, 0.3) is 22.4 Å². The Balaban J connectivity index is 1.86. The number of aliphatic carboxylic acids is 1. The van der Waals surface area contributed by atoms with Crippen LogP contribution >= 0.6 is 0 Å². The lowest BCUT2D eigenvalue weighted by molar-refractivity contribution is -0.139. The van der Waals surface area contributed by atoms with Crippen molar-refractivity contribution in [2.24, 2.45) is 11.3 Å². The summed E-state index contributed by atoms with van der Waals surface area (Å²) >= 11 is 0. The van der Waals surface area contributed by atoms with Gasteiger partial charge in [-0.3, -0.25) is 4.79 Å². The molecule has 0 bridgehead atoms. The summed E-state index contributed by atoms with van der Waals surface area (Å²) in [5, 5.41) is 9.46. The van der Waals surface area contributed by atoms with Gasteiger partial charge in [0.05, 0.1) is 23.0 Å². The van der Waals surface area contributed by atoms with Gasteiger partial charge in [0.1, 0.15) is 5.82 Å². The molecule has 0 amide bonds. The van der Waals surface area contributed by atoms with Crippen molar-refractivity contribution in [2.45, 2.75) is 45.4 Å². The molecule has 0 aliphatic heterocycles. The largest absolute Gasteiger partial charge is 0.481 e. The van der Waals surface area contributed by atoms with Crippen LogP contribution in [0.1, 0.15) is 38.4 Å². The Morgan fingerprint density at radius 1 is 1.11 bits per heavy atom. The molecule has 4 aromatic rings. The van der Waals surface area contributed by atoms with Crippen LogP contribution in [0.15, 0.2) is 53.8 Å². The third-order valence-electron chi connectivity index (χ3n) is 6.30. The number of benzene rings is 1. The van der Waals surface area contributed by atoms with Crippen molar-refractivity contribution in [3.05, 3.63) is 71.8 Å². The maximum Gasteiger partial charge on any atom is 0.303 e. The summed E-state index contributed by atoms with van der Waals surface area (Å²) in [5.41, 5.74) is 0.509. The molecule has 1 atom stereocenters. The third-order valence-corrected chi connectivity index (χ3v) is 7.96. The fourth-order valence-electron chi connectivity index (χ4n) is 4.04. The third kappa shape index (κ3) is 5.36. The van der Waals surface area contributed by atoms with E-state index in [9.17, 15) is 27.1 Å². The van der Waals surface area contributed by atoms with Crippen molar-refractivity contribution in [1.29, 1.82) is 0 Å². The maximum atomic E-state index is 14.8. The standard InChI is InChI=1S/C26H26F2N4O4S/c1-15-5-7-18(8-6-15)37(35,36)32-14-20(19-11-17(27)12-30-25(19)32)24-29-13-21(28)22(31-24)9-16(10-23(33)34)26(2,3)4/h5-8,11-14,16H,9-10H2,1-4H3,(H,33,34)/t16-/m1/s1. The molecule has 0 aliphatic rings. The van der Waals surface area contributed by atoms with E-state index in [1.165, 1.54) is 18.3 Å². The molecule has 0 spiro atoms. The van der Waals surface area contributed by atoms with Crippen molar-refractivity contribution < 1.29 is 27.1 Å². The summed E-state index contributed by atoms with van der Waals surface area (Å²) in [5.74, 6) is -2.90. The molecular formula is C26H26F2N4O4S. The van der Waals surface area contributed by atoms with Crippen LogP contribution in [0.2, 0.25) is 0 Å². The van der Waals surface area contributed by atoms with E-state index < -0.39 is 39.0 Å². The molecule has 0 saturated carbocycles. The van der Waals surface area contributed by atoms with Gasteiger partial charge in [-0.05, 0) is 42.9 Å². The van der Waals surface area contributed by atoms with Crippen LogP contribution < -0.4 is 0 Å². The fourth-order valence-corrected chi connectivity index (χ4v) is 5.37. The highest BCUT2D eigenvalue weighted by Gasteiger charge is 2.30. The number of rotatable bonds is 7. The molecule has 11 heteroatoms. The summed E-state index contributed by atoms with van der Waals surface area (Å²) in [4.78, 5) is 23.8. The summed E-state index contributed by atoms with van der Waals surface area (Å²) in [6.07, 6.45) is 2.92. The first kappa shape index (κ1) is 26.3. The van der Waals surface area contributed by atoms with Crippen molar-refractivity contribution >= 4 is 27.0 Å². The summed E-state index contributed by atoms with van der Waals surface area (Å²) < 4.78 is 56.8. The second-order valence-corrected chi connectivity index (χ2v) is 11.8. The molecule has 0 radical (unpaired) electrons. The van der Waals surface area contributed by atoms with Gasteiger partial charge in [0.2, 0.25) is 0 Å². The normalized spacial score (nSPS) is 13.1. The minimum atomic E-state index is -4.12. The Bertz CT molecular complexity index is 1590. The summed E-state index contributed by atoms with van der Waals surface area (Å²) in [6.45, 7) is 7.41. The molecule has 8 nitrogen and oxygen atoms in total. The predicted octanol–water partition coefficient (Wildman–Crippen LogP) is 5.00. The molecule has 4 rings (SSSR count). The van der Waals surface area contributed by atoms with Crippen LogP contribution in [0.3, 0.4) is 0 Å². The van der Waals surface area contributed by atoms with Gasteiger partial charge in [0.25, 0.3) is 10.0 Å². The lowest BCUT2D eigenvalue weighted by Crippen LogP contribution is -2.26. The number of halogens is 2. The molecule has 3 heterocycles. The van der Waals surface area contributed by atoms with Gasteiger partial charge < -0.3 is 5.11 Å². The van der Waals surface area contributed by atoms with E-state index in [1.54, 1.807) is 12.1 Å². The number of aromatic nitrogens is 4. The molecule has 0 aliphatic carbocycles. The highest BCUT2D eigenvalue weighted by atomic mass is 32.2. The van der Waals surface area contributed by atoms with E-state index in [1.807, 2.05) is 27.7 Å². The summed E-state index contributed by atoms with van der Waals surface area (Å²) in [6, 6.07) is 7.35. The molecule has 1 aromatic carbocycles. The van der Waals surface area contributed by atoms with Gasteiger partial charge in [0.15, 0.2) is 17.3 Å². The Labute approximate surface area is 213 Å². The van der Waals surface area contributed by atoms with Crippen molar-refractivity contribution in [2.75, 3.05) is 0 Å². The highest BCUT2D eigenvalue weighted by molar-refractivity contribution is 7.90. The van der Waals surface area contributed by atoms with Gasteiger partial charge in [0, 0.05) is 23.6 Å². The minimum Gasteiger partial charge on any atom is -0.481 e. The first-order valence-electron chi connectivity index (χ1n) is 11.5. The van der Waals surface area contributed by atoms with E-state index in [4.69, 9.17) is 0 Å². The number of carboxylic acid groups (broad SMARTS) is 1. The molecule has 194 valence electrons. The van der Waals surface area contributed by atoms with Crippen LogP contribution in [-0.2, 0) is 21.2 Å². The van der Waals surface area contributed by atoms with Crippen LogP contribution in [0.5, 0.6) is 0 Å². The number of carboxylic acids is 1. The van der Waals surface area contributed by atoms with Gasteiger partial charge in [-0.1, -0.05) is 38.5 Å². The number of hydrogen-bond donors (Lipinski definition) is 1. The number of fused-ring (bicyclic) bond motifs is 1. The van der Waals surface area contributed by atoms with E-state index in [-0.39, 0.29) is 45.9 Å². The zero-order valence-corrected chi connectivity index (χ0v) is 21.6. The maximum absolute atomic E-state index is 14.8. The molecular weight excluding hydrogens is 502 g/mol. The lowest BCUT2D eigenvalue weighted by Gasteiger charge is -2.29. The molecule has 37 heavy (non-hydrogen) atoms. The van der Waals surface area contributed by atoms with Gasteiger partial charge in [-0.2, -0.15) is 0 Å². The quantitative estimate of drug-likeness (QED) is 0.359. The first-order valence-corrected chi connectivity index (χ1v) is 12.9. The zero-order chi connectivity index (χ0) is 27.1. The number of aryl methyl sites for hydroxylation is 1. The first-order chi connectivity index (χ1) is 17.3. The molecule has 0 saturated heterocycles. The minimum absolute atomic E-state index is 0.00933. The van der Waals surface area contributed by atoms with E-state index in [0.29, 0.717) is 0 Å². The zero-order valence-electron chi connectivity index (χ0n) is 20.7. The lowest BCUT2D eigenvalue weighted by atomic mass is 9.76. The number of pyridine rings is 1. The van der Waals surface area contributed by atoms with Crippen LogP contribution in [0, 0.1) is 29.9 Å². The topological polar surface area (TPSA) is 115 Å². The van der Waals surface area contributed by atoms with Crippen molar-refractivity contribution in [3.63, 3.8) is 0 Å². The Kier molecular flexibility index (Phi) is 6.85. The monoisotopic (exact) mass is 528 g/mol. The highest BCUT2D eigenvalue weighted by Crippen LogP contribution is 2.34. The average molecular weight is 529 g/mol. The Hall–Kier alpha value is -3.73. The van der Waals surface area contributed by atoms with Crippen molar-refractivity contribution in [3.8, 4) is 11.4 Å². The van der Waals surface area contributed by atoms with Crippen LogP contribution in [0.4, 0.5) is 8.78 Å². The van der Waals surface area contributed by atoms with E-state index in [0.717, 1.165) is 28.0 Å². The van der Waals surface area contributed by atoms with Crippen LogP contribution in [-0.4, -0.2) is 38.4 Å². The molecule has 1 N–H and O–H groups in total. The second-order valence-electron chi connectivity index (χ2n) is 10.0. The molecule has 0 unspecified atom stereocenters. The molecule has 3 aromatic heterocycles. The van der Waals surface area contributed by atoms with Gasteiger partial charge >= 0.3 is 5.97 Å². The number of carbonyl (C=O) groups is 1. The fraction of sp³-hybridized carbons (Fsp3) is 0.308. The SMILES string of the molecule is Cc1ccc(S(=O)(=O)n2cc(-c3ncc(F)c(C[C@H](CC(=O)O)C(C)(C)C)n3)c3cc(F)cnc32)cc1. The second kappa shape index (κ2) is 9.62.